The molecule has 0 saturated heterocycles. The van der Waals surface area contributed by atoms with Gasteiger partial charge in [-0.1, -0.05) is 0 Å². The summed E-state index contributed by atoms with van der Waals surface area (Å²) in [5.74, 6) is 0. The monoisotopic (exact) mass is 166 g/mol. The van der Waals surface area contributed by atoms with Crippen molar-refractivity contribution in [1.82, 2.24) is 9.36 Å². The fourth-order valence-electron chi connectivity index (χ4n) is 0.950. The Bertz CT molecular complexity index is 443. The average molecular weight is 166 g/mol. The Morgan fingerprint density at radius 3 is 3.27 bits per heavy atom. The van der Waals surface area contributed by atoms with Crippen LogP contribution in [0.5, 0.6) is 0 Å². The van der Waals surface area contributed by atoms with Gasteiger partial charge in [-0.05, 0) is 30.1 Å². The van der Waals surface area contributed by atoms with E-state index in [4.69, 9.17) is 0 Å². The van der Waals surface area contributed by atoms with E-state index in [0.717, 1.165) is 10.4 Å². The molecule has 4 heteroatoms. The largest absolute Gasteiger partial charge is 0.275 e. The smallest absolute Gasteiger partial charge is 0.267 e. The van der Waals surface area contributed by atoms with E-state index in [1.807, 2.05) is 13.0 Å². The predicted octanol–water partition coefficient (Wildman–Crippen LogP) is 1.29. The summed E-state index contributed by atoms with van der Waals surface area (Å²) in [4.78, 5) is 15.9. The van der Waals surface area contributed by atoms with Crippen molar-refractivity contribution in [2.45, 2.75) is 6.92 Å². The van der Waals surface area contributed by atoms with Gasteiger partial charge in [-0.3, -0.25) is 9.17 Å². The summed E-state index contributed by atoms with van der Waals surface area (Å²) < 4.78 is 2.63. The van der Waals surface area contributed by atoms with Crippen molar-refractivity contribution in [3.8, 4) is 0 Å². The van der Waals surface area contributed by atoms with Crippen molar-refractivity contribution in [3.05, 3.63) is 28.2 Å². The zero-order valence-electron chi connectivity index (χ0n) is 5.92. The highest BCUT2D eigenvalue weighted by Crippen LogP contribution is 2.11. The number of H-pyrrole nitrogens is 1. The number of nitrogens with zero attached hydrogens (tertiary/aromatic N) is 1. The van der Waals surface area contributed by atoms with Crippen LogP contribution in [0.4, 0.5) is 0 Å². The van der Waals surface area contributed by atoms with Gasteiger partial charge in [0, 0.05) is 6.20 Å². The molecular formula is C7H6N2OS. The van der Waals surface area contributed by atoms with Gasteiger partial charge in [0.1, 0.15) is 4.83 Å². The average Bonchev–Trinajstić information content (AvgIpc) is 2.33. The molecule has 2 aromatic heterocycles. The van der Waals surface area contributed by atoms with Gasteiger partial charge >= 0.3 is 0 Å². The normalized spacial score (nSPS) is 10.6. The molecule has 0 unspecified atom stereocenters. The van der Waals surface area contributed by atoms with E-state index in [2.05, 4.69) is 9.36 Å². The SMILES string of the molecule is Cc1cnc2s[nH]c(=O)c2c1. The van der Waals surface area contributed by atoms with Crippen LogP contribution in [0.1, 0.15) is 5.56 Å². The topological polar surface area (TPSA) is 45.8 Å². The van der Waals surface area contributed by atoms with Crippen LogP contribution < -0.4 is 5.56 Å². The fraction of sp³-hybridized carbons (Fsp3) is 0.143. The van der Waals surface area contributed by atoms with Crippen LogP contribution in [0.3, 0.4) is 0 Å². The minimum atomic E-state index is -0.0406. The van der Waals surface area contributed by atoms with Crippen molar-refractivity contribution in [2.24, 2.45) is 0 Å². The first-order valence-corrected chi connectivity index (χ1v) is 4.03. The van der Waals surface area contributed by atoms with Crippen molar-refractivity contribution in [1.29, 1.82) is 0 Å². The molecule has 2 heterocycles. The van der Waals surface area contributed by atoms with E-state index in [9.17, 15) is 4.79 Å². The molecule has 0 aromatic carbocycles. The predicted molar refractivity (Wildman–Crippen MR) is 45.0 cm³/mol. The number of aromatic nitrogens is 2. The van der Waals surface area contributed by atoms with Gasteiger partial charge in [-0.25, -0.2) is 4.98 Å². The zero-order chi connectivity index (χ0) is 7.84. The summed E-state index contributed by atoms with van der Waals surface area (Å²) in [5, 5.41) is 0.690. The highest BCUT2D eigenvalue weighted by molar-refractivity contribution is 7.12. The number of fused-ring (bicyclic) bond motifs is 1. The first-order valence-electron chi connectivity index (χ1n) is 3.21. The second-order valence-electron chi connectivity index (χ2n) is 2.40. The van der Waals surface area contributed by atoms with Gasteiger partial charge in [0.05, 0.1) is 5.39 Å². The maximum Gasteiger partial charge on any atom is 0.267 e. The number of rotatable bonds is 0. The van der Waals surface area contributed by atoms with Crippen LogP contribution in [0.15, 0.2) is 17.1 Å². The molecule has 0 aliphatic carbocycles. The first kappa shape index (κ1) is 6.54. The summed E-state index contributed by atoms with van der Waals surface area (Å²) >= 11 is 1.27. The summed E-state index contributed by atoms with van der Waals surface area (Å²) in [6, 6.07) is 1.84. The minimum Gasteiger partial charge on any atom is -0.275 e. The molecule has 0 amide bonds. The maximum atomic E-state index is 11.0. The lowest BCUT2D eigenvalue weighted by Crippen LogP contribution is -1.96. The van der Waals surface area contributed by atoms with E-state index in [0.29, 0.717) is 5.39 Å². The Morgan fingerprint density at radius 2 is 2.45 bits per heavy atom. The molecule has 0 aliphatic heterocycles. The van der Waals surface area contributed by atoms with Crippen LogP contribution in [0, 0.1) is 6.92 Å². The molecule has 2 aromatic rings. The quantitative estimate of drug-likeness (QED) is 0.641. The Labute approximate surface area is 66.9 Å². The summed E-state index contributed by atoms with van der Waals surface area (Å²) in [7, 11) is 0. The molecule has 3 nitrogen and oxygen atoms in total. The Hall–Kier alpha value is -1.16. The Kier molecular flexibility index (Phi) is 1.29. The molecule has 2 rings (SSSR count). The van der Waals surface area contributed by atoms with Gasteiger partial charge in [-0.2, -0.15) is 0 Å². The van der Waals surface area contributed by atoms with E-state index >= 15 is 0 Å². The van der Waals surface area contributed by atoms with Crippen LogP contribution in [-0.4, -0.2) is 9.36 Å². The molecule has 0 saturated carbocycles. The van der Waals surface area contributed by atoms with Crippen LogP contribution in [-0.2, 0) is 0 Å². The second kappa shape index (κ2) is 2.17. The number of aromatic amines is 1. The lowest BCUT2D eigenvalue weighted by Gasteiger charge is -1.87. The van der Waals surface area contributed by atoms with Gasteiger partial charge in [0.2, 0.25) is 0 Å². The number of hydrogen-bond donors (Lipinski definition) is 1. The van der Waals surface area contributed by atoms with Gasteiger partial charge in [-0.15, -0.1) is 0 Å². The summed E-state index contributed by atoms with van der Waals surface area (Å²) in [6.07, 6.45) is 1.76. The molecule has 0 fully saturated rings. The fourth-order valence-corrected chi connectivity index (χ4v) is 1.62. The molecule has 11 heavy (non-hydrogen) atoms. The van der Waals surface area contributed by atoms with Gasteiger partial charge in [0.15, 0.2) is 0 Å². The van der Waals surface area contributed by atoms with Crippen molar-refractivity contribution in [2.75, 3.05) is 0 Å². The van der Waals surface area contributed by atoms with E-state index in [1.54, 1.807) is 6.20 Å². The number of hydrogen-bond acceptors (Lipinski definition) is 3. The Balaban J connectivity index is 2.99. The van der Waals surface area contributed by atoms with Crippen LogP contribution >= 0.6 is 11.5 Å². The molecular weight excluding hydrogens is 160 g/mol. The number of pyridine rings is 1. The van der Waals surface area contributed by atoms with Crippen LogP contribution in [0.25, 0.3) is 10.2 Å². The minimum absolute atomic E-state index is 0.0406. The van der Waals surface area contributed by atoms with Crippen molar-refractivity contribution < 1.29 is 0 Å². The van der Waals surface area contributed by atoms with Crippen molar-refractivity contribution >= 4 is 21.7 Å². The number of aryl methyl sites for hydroxylation is 1. The maximum absolute atomic E-state index is 11.0. The Morgan fingerprint density at radius 1 is 1.64 bits per heavy atom. The third-order valence-electron chi connectivity index (χ3n) is 1.47. The summed E-state index contributed by atoms with van der Waals surface area (Å²) in [6.45, 7) is 1.92. The molecule has 0 radical (unpaired) electrons. The molecule has 0 bridgehead atoms. The standard InChI is InChI=1S/C7H6N2OS/c1-4-2-5-6(10)9-11-7(5)8-3-4/h2-3H,1H3,(H,9,10). The molecule has 0 atom stereocenters. The lowest BCUT2D eigenvalue weighted by molar-refractivity contribution is 1.35. The van der Waals surface area contributed by atoms with E-state index in [1.165, 1.54) is 11.5 Å². The lowest BCUT2D eigenvalue weighted by atomic mass is 10.3. The summed E-state index contributed by atoms with van der Waals surface area (Å²) in [5.41, 5.74) is 0.975. The van der Waals surface area contributed by atoms with Gasteiger partial charge in [0.25, 0.3) is 5.56 Å². The molecule has 0 aliphatic rings. The first-order chi connectivity index (χ1) is 5.27. The molecule has 56 valence electrons. The van der Waals surface area contributed by atoms with E-state index in [-0.39, 0.29) is 5.56 Å². The third kappa shape index (κ3) is 0.952. The van der Waals surface area contributed by atoms with E-state index < -0.39 is 0 Å². The highest BCUT2D eigenvalue weighted by Gasteiger charge is 2.00. The molecule has 1 N–H and O–H groups in total. The highest BCUT2D eigenvalue weighted by atomic mass is 32.1. The molecule has 0 spiro atoms. The van der Waals surface area contributed by atoms with Crippen molar-refractivity contribution in [3.63, 3.8) is 0 Å². The second-order valence-corrected chi connectivity index (χ2v) is 3.19. The third-order valence-corrected chi connectivity index (χ3v) is 2.28. The van der Waals surface area contributed by atoms with Crippen LogP contribution in [0.2, 0.25) is 0 Å². The van der Waals surface area contributed by atoms with Gasteiger partial charge < -0.3 is 0 Å². The number of nitrogens with one attached hydrogen (secondary N) is 1. The zero-order valence-corrected chi connectivity index (χ0v) is 6.73.